The molecule has 2 aromatic rings. The van der Waals surface area contributed by atoms with Crippen LogP contribution in [-0.4, -0.2) is 43.8 Å². The molecule has 0 bridgehead atoms. The number of anilines is 3. The van der Waals surface area contributed by atoms with Gasteiger partial charge in [0.05, 0.1) is 19.6 Å². The van der Waals surface area contributed by atoms with Gasteiger partial charge in [0.2, 0.25) is 23.6 Å². The van der Waals surface area contributed by atoms with Crippen molar-refractivity contribution >= 4 is 40.7 Å². The van der Waals surface area contributed by atoms with Gasteiger partial charge in [0.15, 0.2) is 0 Å². The highest BCUT2D eigenvalue weighted by molar-refractivity contribution is 6.01. The lowest BCUT2D eigenvalue weighted by atomic mass is 10.1. The van der Waals surface area contributed by atoms with Gasteiger partial charge in [0, 0.05) is 37.0 Å². The van der Waals surface area contributed by atoms with Gasteiger partial charge in [-0.3, -0.25) is 19.2 Å². The van der Waals surface area contributed by atoms with Gasteiger partial charge in [0.1, 0.15) is 5.75 Å². The lowest BCUT2D eigenvalue weighted by Gasteiger charge is -2.17. The Labute approximate surface area is 179 Å². The van der Waals surface area contributed by atoms with E-state index in [1.165, 1.54) is 6.92 Å². The topological polar surface area (TPSA) is 117 Å². The monoisotopic (exact) mass is 424 g/mol. The summed E-state index contributed by atoms with van der Waals surface area (Å²) in [5, 5.41) is 7.87. The second kappa shape index (κ2) is 9.75. The zero-order chi connectivity index (χ0) is 22.4. The summed E-state index contributed by atoms with van der Waals surface area (Å²) in [7, 11) is 1.56. The summed E-state index contributed by atoms with van der Waals surface area (Å²) in [5.41, 5.74) is 1.74. The molecule has 0 spiro atoms. The summed E-state index contributed by atoms with van der Waals surface area (Å²) in [4.78, 5) is 49.7. The molecule has 0 aromatic heterocycles. The molecule has 2 aromatic carbocycles. The fraction of sp³-hybridized carbons (Fsp3) is 0.273. The highest BCUT2D eigenvalue weighted by Crippen LogP contribution is 2.26. The number of benzene rings is 2. The van der Waals surface area contributed by atoms with Crippen LogP contribution >= 0.6 is 0 Å². The molecule has 9 nitrogen and oxygen atoms in total. The van der Waals surface area contributed by atoms with Crippen LogP contribution in [0, 0.1) is 5.92 Å². The summed E-state index contributed by atoms with van der Waals surface area (Å²) < 4.78 is 5.11. The Kier molecular flexibility index (Phi) is 6.86. The van der Waals surface area contributed by atoms with Crippen LogP contribution in [0.3, 0.4) is 0 Å². The molecule has 162 valence electrons. The van der Waals surface area contributed by atoms with Crippen LogP contribution in [0.4, 0.5) is 17.1 Å². The van der Waals surface area contributed by atoms with E-state index in [1.54, 1.807) is 60.5 Å². The first-order valence-corrected chi connectivity index (χ1v) is 9.75. The van der Waals surface area contributed by atoms with Crippen molar-refractivity contribution in [1.29, 1.82) is 0 Å². The fourth-order valence-corrected chi connectivity index (χ4v) is 3.29. The van der Waals surface area contributed by atoms with Crippen LogP contribution in [0.2, 0.25) is 0 Å². The van der Waals surface area contributed by atoms with Crippen molar-refractivity contribution in [3.8, 4) is 5.75 Å². The Morgan fingerprint density at radius 1 is 1.06 bits per heavy atom. The largest absolute Gasteiger partial charge is 0.497 e. The molecule has 1 saturated heterocycles. The molecule has 1 aliphatic heterocycles. The number of hydrogen-bond donors (Lipinski definition) is 3. The summed E-state index contributed by atoms with van der Waals surface area (Å²) in [6.07, 6.45) is 0.0816. The number of ether oxygens (including phenoxy) is 1. The van der Waals surface area contributed by atoms with Crippen LogP contribution in [-0.2, 0) is 19.2 Å². The molecule has 3 rings (SSSR count). The molecular formula is C22H24N4O5. The molecule has 9 heteroatoms. The Bertz CT molecular complexity index is 990. The predicted molar refractivity (Wildman–Crippen MR) is 116 cm³/mol. The molecule has 4 amide bonds. The van der Waals surface area contributed by atoms with Crippen LogP contribution in [0.15, 0.2) is 48.5 Å². The quantitative estimate of drug-likeness (QED) is 0.626. The minimum absolute atomic E-state index is 0.0816. The smallest absolute Gasteiger partial charge is 0.243 e. The summed E-state index contributed by atoms with van der Waals surface area (Å²) >= 11 is 0. The maximum absolute atomic E-state index is 12.5. The number of methoxy groups -OCH3 is 1. The summed E-state index contributed by atoms with van der Waals surface area (Å²) in [6.45, 7) is 1.41. The van der Waals surface area contributed by atoms with Gasteiger partial charge in [-0.2, -0.15) is 0 Å². The molecule has 0 aliphatic carbocycles. The van der Waals surface area contributed by atoms with E-state index in [0.717, 1.165) is 0 Å². The van der Waals surface area contributed by atoms with E-state index in [1.807, 2.05) is 0 Å². The Morgan fingerprint density at radius 3 is 2.39 bits per heavy atom. The van der Waals surface area contributed by atoms with E-state index in [2.05, 4.69) is 16.0 Å². The average molecular weight is 424 g/mol. The molecular weight excluding hydrogens is 400 g/mol. The normalized spacial score (nSPS) is 15.4. The van der Waals surface area contributed by atoms with Gasteiger partial charge >= 0.3 is 0 Å². The number of carbonyl (C=O) groups excluding carboxylic acids is 4. The van der Waals surface area contributed by atoms with Crippen molar-refractivity contribution in [2.24, 2.45) is 5.92 Å². The zero-order valence-corrected chi connectivity index (χ0v) is 17.3. The maximum atomic E-state index is 12.5. The van der Waals surface area contributed by atoms with Crippen molar-refractivity contribution in [1.82, 2.24) is 5.32 Å². The van der Waals surface area contributed by atoms with Gasteiger partial charge < -0.3 is 25.6 Å². The van der Waals surface area contributed by atoms with Crippen molar-refractivity contribution in [2.45, 2.75) is 13.3 Å². The first-order valence-electron chi connectivity index (χ1n) is 9.75. The van der Waals surface area contributed by atoms with Gasteiger partial charge in [-0.25, -0.2) is 0 Å². The number of amides is 4. The predicted octanol–water partition coefficient (Wildman–Crippen LogP) is 1.76. The first kappa shape index (κ1) is 21.8. The number of rotatable bonds is 7. The standard InChI is InChI=1S/C22H24N4O5/c1-14(27)24-16-4-3-5-17(11-16)25-20(28)12-23-22(30)15-10-21(29)26(13-15)18-6-8-19(31-2)9-7-18/h3-9,11,15H,10,12-13H2,1-2H3,(H,23,30)(H,24,27)(H,25,28)/t15-/m1/s1. The van der Waals surface area contributed by atoms with E-state index in [9.17, 15) is 19.2 Å². The second-order valence-electron chi connectivity index (χ2n) is 7.13. The van der Waals surface area contributed by atoms with Gasteiger partial charge in [-0.1, -0.05) is 6.07 Å². The lowest BCUT2D eigenvalue weighted by molar-refractivity contribution is -0.127. The van der Waals surface area contributed by atoms with E-state index in [0.29, 0.717) is 22.8 Å². The minimum Gasteiger partial charge on any atom is -0.497 e. The van der Waals surface area contributed by atoms with E-state index in [4.69, 9.17) is 4.74 Å². The van der Waals surface area contributed by atoms with Crippen LogP contribution in [0.5, 0.6) is 5.75 Å². The van der Waals surface area contributed by atoms with Gasteiger partial charge in [0.25, 0.3) is 0 Å². The molecule has 1 fully saturated rings. The van der Waals surface area contributed by atoms with Crippen LogP contribution < -0.4 is 25.6 Å². The highest BCUT2D eigenvalue weighted by Gasteiger charge is 2.35. The molecule has 31 heavy (non-hydrogen) atoms. The molecule has 1 atom stereocenters. The third-order valence-corrected chi connectivity index (χ3v) is 4.77. The minimum atomic E-state index is -0.537. The lowest BCUT2D eigenvalue weighted by Crippen LogP contribution is -2.37. The van der Waals surface area contributed by atoms with Crippen molar-refractivity contribution in [2.75, 3.05) is 35.7 Å². The summed E-state index contributed by atoms with van der Waals surface area (Å²) in [6, 6.07) is 13.7. The Hall–Kier alpha value is -3.88. The van der Waals surface area contributed by atoms with Crippen molar-refractivity contribution < 1.29 is 23.9 Å². The van der Waals surface area contributed by atoms with E-state index >= 15 is 0 Å². The SMILES string of the molecule is COc1ccc(N2C[C@H](C(=O)NCC(=O)Nc3cccc(NC(C)=O)c3)CC2=O)cc1. The molecule has 1 heterocycles. The molecule has 1 aliphatic rings. The molecule has 0 radical (unpaired) electrons. The van der Waals surface area contributed by atoms with E-state index in [-0.39, 0.29) is 37.2 Å². The van der Waals surface area contributed by atoms with Crippen molar-refractivity contribution in [3.63, 3.8) is 0 Å². The Balaban J connectivity index is 1.50. The number of hydrogen-bond acceptors (Lipinski definition) is 5. The molecule has 0 saturated carbocycles. The third-order valence-electron chi connectivity index (χ3n) is 4.77. The number of nitrogens with one attached hydrogen (secondary N) is 3. The van der Waals surface area contributed by atoms with Crippen molar-refractivity contribution in [3.05, 3.63) is 48.5 Å². The van der Waals surface area contributed by atoms with E-state index < -0.39 is 11.8 Å². The fourth-order valence-electron chi connectivity index (χ4n) is 3.29. The van der Waals surface area contributed by atoms with Gasteiger partial charge in [-0.15, -0.1) is 0 Å². The van der Waals surface area contributed by atoms with Crippen LogP contribution in [0.25, 0.3) is 0 Å². The molecule has 0 unspecified atom stereocenters. The summed E-state index contributed by atoms with van der Waals surface area (Å²) in [5.74, 6) is -0.991. The first-order chi connectivity index (χ1) is 14.9. The van der Waals surface area contributed by atoms with Crippen LogP contribution in [0.1, 0.15) is 13.3 Å². The zero-order valence-electron chi connectivity index (χ0n) is 17.3. The molecule has 3 N–H and O–H groups in total. The second-order valence-corrected chi connectivity index (χ2v) is 7.13. The maximum Gasteiger partial charge on any atom is 0.243 e. The van der Waals surface area contributed by atoms with Gasteiger partial charge in [-0.05, 0) is 42.5 Å². The Morgan fingerprint density at radius 2 is 1.74 bits per heavy atom. The highest BCUT2D eigenvalue weighted by atomic mass is 16.5. The number of nitrogens with zero attached hydrogens (tertiary/aromatic N) is 1. The average Bonchev–Trinajstić information content (AvgIpc) is 3.13. The number of carbonyl (C=O) groups is 4. The third kappa shape index (κ3) is 5.81.